The summed E-state index contributed by atoms with van der Waals surface area (Å²) in [6, 6.07) is 0. The molecule has 0 aliphatic rings. The van der Waals surface area contributed by atoms with Gasteiger partial charge in [-0.15, -0.1) is 0 Å². The minimum absolute atomic E-state index is 0.538. The summed E-state index contributed by atoms with van der Waals surface area (Å²) in [6.45, 7) is 2.44. The number of hydrogen-bond acceptors (Lipinski definition) is 2. The van der Waals surface area contributed by atoms with Gasteiger partial charge >= 0.3 is 0 Å². The Labute approximate surface area is 45.5 Å². The van der Waals surface area contributed by atoms with Crippen molar-refractivity contribution in [3.63, 3.8) is 0 Å². The van der Waals surface area contributed by atoms with Gasteiger partial charge in [0.2, 0.25) is 0 Å². The lowest BCUT2D eigenvalue weighted by atomic mass is 10.5. The molecule has 1 unspecified atom stereocenters. The molecule has 0 aromatic carbocycles. The van der Waals surface area contributed by atoms with Gasteiger partial charge < -0.3 is 4.55 Å². The van der Waals surface area contributed by atoms with Crippen LogP contribution in [0.15, 0.2) is 0 Å². The van der Waals surface area contributed by atoms with Crippen LogP contribution >= 0.6 is 0 Å². The van der Waals surface area contributed by atoms with Crippen LogP contribution in [0.1, 0.15) is 13.3 Å². The number of hydrogen-bond donors (Lipinski definition) is 1. The van der Waals surface area contributed by atoms with E-state index in [0.29, 0.717) is 6.54 Å². The zero-order valence-corrected chi connectivity index (χ0v) is 4.96. The Morgan fingerprint density at radius 1 is 1.86 bits per heavy atom. The molecule has 0 rings (SSSR count). The summed E-state index contributed by atoms with van der Waals surface area (Å²) >= 11 is -2.07. The first-order chi connectivity index (χ1) is 3.27. The van der Waals surface area contributed by atoms with Crippen LogP contribution in [-0.4, -0.2) is 15.3 Å². The third-order valence-corrected chi connectivity index (χ3v) is 0.910. The lowest BCUT2D eigenvalue weighted by Gasteiger charge is -2.02. The fourth-order valence-corrected chi connectivity index (χ4v) is 0.556. The second-order valence-corrected chi connectivity index (χ2v) is 1.89. The molecule has 0 heterocycles. The number of rotatable bonds is 3. The molecule has 0 aromatic heterocycles. The van der Waals surface area contributed by atoms with E-state index in [2.05, 4.69) is 4.72 Å². The zero-order valence-electron chi connectivity index (χ0n) is 4.14. The van der Waals surface area contributed by atoms with E-state index < -0.39 is 11.3 Å². The Hall–Kier alpha value is 0.0700. The van der Waals surface area contributed by atoms with Gasteiger partial charge in [0.25, 0.3) is 0 Å². The molecule has 0 spiro atoms. The molecular weight excluding hydrogens is 114 g/mol. The second kappa shape index (κ2) is 4.23. The quantitative estimate of drug-likeness (QED) is 0.526. The SMILES string of the molecule is CCCNS(=O)[O-]. The Kier molecular flexibility index (Phi) is 4.28. The third kappa shape index (κ3) is 6.07. The van der Waals surface area contributed by atoms with Crippen molar-refractivity contribution in [2.24, 2.45) is 0 Å². The molecule has 7 heavy (non-hydrogen) atoms. The molecule has 0 aliphatic heterocycles. The molecule has 0 saturated heterocycles. The summed E-state index contributed by atoms with van der Waals surface area (Å²) in [6.07, 6.45) is 0.841. The molecular formula is C3H8NO2S-. The molecule has 4 heteroatoms. The summed E-state index contributed by atoms with van der Waals surface area (Å²) in [5.41, 5.74) is 0. The Bertz CT molecular complexity index is 66.0. The molecule has 0 aliphatic carbocycles. The molecule has 0 fully saturated rings. The lowest BCUT2D eigenvalue weighted by molar-refractivity contribution is 0.522. The van der Waals surface area contributed by atoms with Gasteiger partial charge in [-0.3, -0.25) is 4.21 Å². The Balaban J connectivity index is 2.82. The molecule has 0 amide bonds. The van der Waals surface area contributed by atoms with Crippen molar-refractivity contribution in [3.8, 4) is 0 Å². The number of nitrogens with one attached hydrogen (secondary N) is 1. The van der Waals surface area contributed by atoms with Crippen molar-refractivity contribution in [2.45, 2.75) is 13.3 Å². The van der Waals surface area contributed by atoms with Crippen LogP contribution in [0.3, 0.4) is 0 Å². The maximum absolute atomic E-state index is 9.65. The van der Waals surface area contributed by atoms with Gasteiger partial charge in [0, 0.05) is 17.8 Å². The Morgan fingerprint density at radius 3 is 2.57 bits per heavy atom. The zero-order chi connectivity index (χ0) is 5.70. The van der Waals surface area contributed by atoms with Crippen molar-refractivity contribution < 1.29 is 8.76 Å². The molecule has 1 atom stereocenters. The monoisotopic (exact) mass is 122 g/mol. The standard InChI is InChI=1S/C3H9NO2S/c1-2-3-4-7(5)6/h4H,2-3H2,1H3,(H,5,6)/p-1. The highest BCUT2D eigenvalue weighted by molar-refractivity contribution is 7.77. The van der Waals surface area contributed by atoms with Gasteiger partial charge in [-0.05, 0) is 6.42 Å². The summed E-state index contributed by atoms with van der Waals surface area (Å²) in [4.78, 5) is 0. The normalized spacial score (nSPS) is 14.0. The molecule has 3 nitrogen and oxygen atoms in total. The van der Waals surface area contributed by atoms with E-state index in [4.69, 9.17) is 0 Å². The van der Waals surface area contributed by atoms with Crippen molar-refractivity contribution in [3.05, 3.63) is 0 Å². The molecule has 44 valence electrons. The maximum atomic E-state index is 9.65. The van der Waals surface area contributed by atoms with E-state index in [1.807, 2.05) is 6.92 Å². The van der Waals surface area contributed by atoms with Gasteiger partial charge in [0.1, 0.15) is 0 Å². The maximum Gasteiger partial charge on any atom is 0.0181 e. The molecule has 0 bridgehead atoms. The predicted octanol–water partition coefficient (Wildman–Crippen LogP) is -0.220. The topological polar surface area (TPSA) is 52.2 Å². The van der Waals surface area contributed by atoms with Gasteiger partial charge in [-0.2, -0.15) is 0 Å². The minimum atomic E-state index is -2.07. The molecule has 0 radical (unpaired) electrons. The van der Waals surface area contributed by atoms with Crippen LogP contribution in [0.5, 0.6) is 0 Å². The minimum Gasteiger partial charge on any atom is -0.760 e. The lowest BCUT2D eigenvalue weighted by Crippen LogP contribution is -2.16. The first-order valence-electron chi connectivity index (χ1n) is 2.10. The molecule has 0 aromatic rings. The average Bonchev–Trinajstić information content (AvgIpc) is 1.61. The van der Waals surface area contributed by atoms with Crippen molar-refractivity contribution in [1.82, 2.24) is 4.72 Å². The van der Waals surface area contributed by atoms with Crippen LogP contribution in [0.2, 0.25) is 0 Å². The largest absolute Gasteiger partial charge is 0.760 e. The van der Waals surface area contributed by atoms with Gasteiger partial charge in [-0.25, -0.2) is 4.72 Å². The van der Waals surface area contributed by atoms with E-state index in [-0.39, 0.29) is 0 Å². The van der Waals surface area contributed by atoms with Crippen LogP contribution in [0, 0.1) is 0 Å². The van der Waals surface area contributed by atoms with Gasteiger partial charge in [0.05, 0.1) is 0 Å². The van der Waals surface area contributed by atoms with E-state index in [9.17, 15) is 8.76 Å². The molecule has 1 N–H and O–H groups in total. The Morgan fingerprint density at radius 2 is 2.43 bits per heavy atom. The average molecular weight is 122 g/mol. The van der Waals surface area contributed by atoms with Crippen molar-refractivity contribution in [2.75, 3.05) is 6.54 Å². The highest BCUT2D eigenvalue weighted by atomic mass is 32.2. The fraction of sp³-hybridized carbons (Fsp3) is 1.00. The summed E-state index contributed by atoms with van der Waals surface area (Å²) in [5, 5.41) is 0. The van der Waals surface area contributed by atoms with E-state index in [1.54, 1.807) is 0 Å². The summed E-state index contributed by atoms with van der Waals surface area (Å²) in [5.74, 6) is 0. The second-order valence-electron chi connectivity index (χ2n) is 1.13. The van der Waals surface area contributed by atoms with Gasteiger partial charge in [-0.1, -0.05) is 6.92 Å². The molecule has 0 saturated carbocycles. The predicted molar refractivity (Wildman–Crippen MR) is 27.2 cm³/mol. The smallest absolute Gasteiger partial charge is 0.0181 e. The van der Waals surface area contributed by atoms with Crippen LogP contribution in [0.25, 0.3) is 0 Å². The van der Waals surface area contributed by atoms with E-state index >= 15 is 0 Å². The van der Waals surface area contributed by atoms with E-state index in [0.717, 1.165) is 6.42 Å². The summed E-state index contributed by atoms with van der Waals surface area (Å²) < 4.78 is 21.5. The van der Waals surface area contributed by atoms with Crippen LogP contribution in [-0.2, 0) is 11.3 Å². The summed E-state index contributed by atoms with van der Waals surface area (Å²) in [7, 11) is 0. The highest BCUT2D eigenvalue weighted by Gasteiger charge is 1.75. The fourth-order valence-electron chi connectivity index (χ4n) is 0.185. The highest BCUT2D eigenvalue weighted by Crippen LogP contribution is 1.68. The van der Waals surface area contributed by atoms with Gasteiger partial charge in [0.15, 0.2) is 0 Å². The van der Waals surface area contributed by atoms with Crippen molar-refractivity contribution in [1.29, 1.82) is 0 Å². The van der Waals surface area contributed by atoms with Crippen molar-refractivity contribution >= 4 is 11.3 Å². The first-order valence-corrected chi connectivity index (χ1v) is 3.17. The van der Waals surface area contributed by atoms with Crippen LogP contribution < -0.4 is 4.72 Å². The van der Waals surface area contributed by atoms with Crippen LogP contribution in [0.4, 0.5) is 0 Å². The van der Waals surface area contributed by atoms with E-state index in [1.165, 1.54) is 0 Å². The third-order valence-electron chi connectivity index (χ3n) is 0.470. The first kappa shape index (κ1) is 7.07.